The van der Waals surface area contributed by atoms with Crippen LogP contribution in [0.3, 0.4) is 0 Å². The van der Waals surface area contributed by atoms with Gasteiger partial charge in [0.25, 0.3) is 5.91 Å². The van der Waals surface area contributed by atoms with E-state index in [0.29, 0.717) is 37.2 Å². The number of carbonyl (C=O) groups excluding carboxylic acids is 3. The first-order valence-corrected chi connectivity index (χ1v) is 8.12. The van der Waals surface area contributed by atoms with Crippen LogP contribution in [0.15, 0.2) is 24.3 Å². The maximum absolute atomic E-state index is 12.5. The van der Waals surface area contributed by atoms with Crippen LogP contribution >= 0.6 is 0 Å². The van der Waals surface area contributed by atoms with Crippen LogP contribution in [-0.4, -0.2) is 55.9 Å². The van der Waals surface area contributed by atoms with Crippen LogP contribution in [0, 0.1) is 0 Å². The van der Waals surface area contributed by atoms with Crippen molar-refractivity contribution in [1.82, 2.24) is 10.2 Å². The third kappa shape index (κ3) is 5.37. The molecule has 1 fully saturated rings. The molecular weight excluding hydrogens is 328 g/mol. The SMILES string of the molecule is CCOC(=O)Oc1ccc(C(=O)N2CCC(NC(=O)OC)CC2)cc1. The molecular formula is C17H22N2O6. The molecule has 0 unspecified atom stereocenters. The van der Waals surface area contributed by atoms with E-state index in [1.165, 1.54) is 7.11 Å². The summed E-state index contributed by atoms with van der Waals surface area (Å²) in [6.45, 7) is 3.02. The number of amides is 2. The lowest BCUT2D eigenvalue weighted by Crippen LogP contribution is -2.46. The average molecular weight is 350 g/mol. The van der Waals surface area contributed by atoms with Crippen molar-refractivity contribution in [3.63, 3.8) is 0 Å². The summed E-state index contributed by atoms with van der Waals surface area (Å²) >= 11 is 0. The molecule has 0 aliphatic carbocycles. The second kappa shape index (κ2) is 8.91. The van der Waals surface area contributed by atoms with Gasteiger partial charge in [-0.2, -0.15) is 0 Å². The molecule has 136 valence electrons. The minimum atomic E-state index is -0.776. The zero-order valence-corrected chi connectivity index (χ0v) is 14.3. The van der Waals surface area contributed by atoms with Crippen molar-refractivity contribution in [2.45, 2.75) is 25.8 Å². The summed E-state index contributed by atoms with van der Waals surface area (Å²) in [7, 11) is 1.32. The average Bonchev–Trinajstić information content (AvgIpc) is 2.62. The first-order chi connectivity index (χ1) is 12.0. The maximum atomic E-state index is 12.5. The standard InChI is InChI=1S/C17H22N2O6/c1-3-24-17(22)25-14-6-4-12(5-7-14)15(20)19-10-8-13(9-11-19)18-16(21)23-2/h4-7,13H,3,8-11H2,1-2H3,(H,18,21). The highest BCUT2D eigenvalue weighted by Gasteiger charge is 2.24. The smallest absolute Gasteiger partial charge is 0.453 e. The van der Waals surface area contributed by atoms with Crippen LogP contribution in [0.2, 0.25) is 0 Å². The number of hydrogen-bond acceptors (Lipinski definition) is 6. The van der Waals surface area contributed by atoms with Crippen LogP contribution in [0.4, 0.5) is 9.59 Å². The van der Waals surface area contributed by atoms with Gasteiger partial charge in [-0.3, -0.25) is 4.79 Å². The molecule has 0 saturated carbocycles. The molecule has 0 aromatic heterocycles. The largest absolute Gasteiger partial charge is 0.513 e. The lowest BCUT2D eigenvalue weighted by molar-refractivity contribution is 0.0704. The normalized spacial score (nSPS) is 14.6. The van der Waals surface area contributed by atoms with E-state index in [4.69, 9.17) is 4.74 Å². The van der Waals surface area contributed by atoms with Gasteiger partial charge in [0, 0.05) is 24.7 Å². The Bertz CT molecular complexity index is 608. The molecule has 1 N–H and O–H groups in total. The first-order valence-electron chi connectivity index (χ1n) is 8.12. The van der Waals surface area contributed by atoms with E-state index < -0.39 is 12.2 Å². The van der Waals surface area contributed by atoms with Crippen LogP contribution < -0.4 is 10.1 Å². The van der Waals surface area contributed by atoms with Gasteiger partial charge < -0.3 is 24.4 Å². The Morgan fingerprint density at radius 2 is 1.80 bits per heavy atom. The Kier molecular flexibility index (Phi) is 6.62. The fourth-order valence-corrected chi connectivity index (χ4v) is 2.54. The molecule has 0 bridgehead atoms. The molecule has 0 radical (unpaired) electrons. The number of rotatable bonds is 4. The van der Waals surface area contributed by atoms with Gasteiger partial charge >= 0.3 is 12.2 Å². The number of nitrogens with zero attached hydrogens (tertiary/aromatic N) is 1. The second-order valence-corrected chi connectivity index (χ2v) is 5.51. The van der Waals surface area contributed by atoms with Crippen molar-refractivity contribution < 1.29 is 28.6 Å². The molecule has 25 heavy (non-hydrogen) atoms. The number of methoxy groups -OCH3 is 1. The molecule has 1 heterocycles. The van der Waals surface area contributed by atoms with E-state index in [2.05, 4.69) is 14.8 Å². The topological polar surface area (TPSA) is 94.2 Å². The van der Waals surface area contributed by atoms with E-state index in [9.17, 15) is 14.4 Å². The van der Waals surface area contributed by atoms with Crippen molar-refractivity contribution in [2.24, 2.45) is 0 Å². The van der Waals surface area contributed by atoms with Crippen molar-refractivity contribution in [3.05, 3.63) is 29.8 Å². The predicted octanol–water partition coefficient (Wildman–Crippen LogP) is 2.18. The molecule has 1 aliphatic heterocycles. The summed E-state index contributed by atoms with van der Waals surface area (Å²) in [5, 5.41) is 2.74. The number of carbonyl (C=O) groups is 3. The molecule has 1 aromatic rings. The van der Waals surface area contributed by atoms with Gasteiger partial charge in [-0.25, -0.2) is 9.59 Å². The van der Waals surface area contributed by atoms with E-state index in [1.807, 2.05) is 0 Å². The molecule has 2 amide bonds. The summed E-state index contributed by atoms with van der Waals surface area (Å²) in [5.41, 5.74) is 0.510. The van der Waals surface area contributed by atoms with E-state index in [-0.39, 0.29) is 18.6 Å². The molecule has 1 saturated heterocycles. The number of benzene rings is 1. The molecule has 1 aromatic carbocycles. The minimum Gasteiger partial charge on any atom is -0.453 e. The molecule has 8 nitrogen and oxygen atoms in total. The Hall–Kier alpha value is -2.77. The fourth-order valence-electron chi connectivity index (χ4n) is 2.54. The Labute approximate surface area is 146 Å². The van der Waals surface area contributed by atoms with Gasteiger partial charge in [0.05, 0.1) is 13.7 Å². The third-order valence-corrected chi connectivity index (χ3v) is 3.85. The summed E-state index contributed by atoms with van der Waals surface area (Å²) in [6.07, 6.45) is 0.110. The summed E-state index contributed by atoms with van der Waals surface area (Å²) in [5.74, 6) is 0.218. The Balaban J connectivity index is 1.87. The molecule has 2 rings (SSSR count). The summed E-state index contributed by atoms with van der Waals surface area (Å²) < 4.78 is 14.2. The van der Waals surface area contributed by atoms with Gasteiger partial charge in [0.1, 0.15) is 5.75 Å². The highest BCUT2D eigenvalue weighted by molar-refractivity contribution is 5.94. The zero-order chi connectivity index (χ0) is 18.2. The van der Waals surface area contributed by atoms with Gasteiger partial charge in [0.15, 0.2) is 0 Å². The number of hydrogen-bond donors (Lipinski definition) is 1. The van der Waals surface area contributed by atoms with Gasteiger partial charge in [-0.15, -0.1) is 0 Å². The third-order valence-electron chi connectivity index (χ3n) is 3.85. The zero-order valence-electron chi connectivity index (χ0n) is 14.3. The van der Waals surface area contributed by atoms with E-state index >= 15 is 0 Å². The van der Waals surface area contributed by atoms with Gasteiger partial charge in [-0.05, 0) is 44.0 Å². The van der Waals surface area contributed by atoms with E-state index in [1.54, 1.807) is 36.1 Å². The minimum absolute atomic E-state index is 0.0110. The number of likely N-dealkylation sites (tertiary alicyclic amines) is 1. The summed E-state index contributed by atoms with van der Waals surface area (Å²) in [6, 6.07) is 6.33. The lowest BCUT2D eigenvalue weighted by Gasteiger charge is -2.32. The van der Waals surface area contributed by atoms with Crippen molar-refractivity contribution in [2.75, 3.05) is 26.8 Å². The quantitative estimate of drug-likeness (QED) is 0.661. The van der Waals surface area contributed by atoms with Gasteiger partial charge in [-0.1, -0.05) is 0 Å². The summed E-state index contributed by atoms with van der Waals surface area (Å²) in [4.78, 5) is 36.7. The number of alkyl carbamates (subject to hydrolysis) is 1. The highest BCUT2D eigenvalue weighted by atomic mass is 16.7. The second-order valence-electron chi connectivity index (χ2n) is 5.51. The maximum Gasteiger partial charge on any atom is 0.513 e. The Morgan fingerprint density at radius 3 is 2.36 bits per heavy atom. The highest BCUT2D eigenvalue weighted by Crippen LogP contribution is 2.17. The van der Waals surface area contributed by atoms with Gasteiger partial charge in [0.2, 0.25) is 0 Å². The van der Waals surface area contributed by atoms with Crippen molar-refractivity contribution in [3.8, 4) is 5.75 Å². The monoisotopic (exact) mass is 350 g/mol. The fraction of sp³-hybridized carbons (Fsp3) is 0.471. The molecule has 0 atom stereocenters. The Morgan fingerprint density at radius 1 is 1.16 bits per heavy atom. The van der Waals surface area contributed by atoms with Crippen LogP contribution in [-0.2, 0) is 9.47 Å². The molecule has 8 heteroatoms. The number of nitrogens with one attached hydrogen (secondary N) is 1. The van der Waals surface area contributed by atoms with E-state index in [0.717, 1.165) is 0 Å². The predicted molar refractivity (Wildman–Crippen MR) is 88.6 cm³/mol. The van der Waals surface area contributed by atoms with Crippen LogP contribution in [0.5, 0.6) is 5.75 Å². The number of piperidine rings is 1. The lowest BCUT2D eigenvalue weighted by atomic mass is 10.0. The first kappa shape index (κ1) is 18.6. The number of ether oxygens (including phenoxy) is 3. The van der Waals surface area contributed by atoms with Crippen molar-refractivity contribution in [1.29, 1.82) is 0 Å². The van der Waals surface area contributed by atoms with Crippen molar-refractivity contribution >= 4 is 18.2 Å². The van der Waals surface area contributed by atoms with Crippen LogP contribution in [0.1, 0.15) is 30.1 Å². The van der Waals surface area contributed by atoms with Crippen LogP contribution in [0.25, 0.3) is 0 Å². The molecule has 1 aliphatic rings. The molecule has 0 spiro atoms.